The fourth-order valence-electron chi connectivity index (χ4n) is 2.71. The molecule has 8 nitrogen and oxygen atoms in total. The highest BCUT2D eigenvalue weighted by Crippen LogP contribution is 2.16. The summed E-state index contributed by atoms with van der Waals surface area (Å²) in [6, 6.07) is 0.228. The van der Waals surface area contributed by atoms with Crippen LogP contribution in [-0.4, -0.2) is 64.8 Å². The van der Waals surface area contributed by atoms with Gasteiger partial charge in [0, 0.05) is 39.0 Å². The van der Waals surface area contributed by atoms with Crippen LogP contribution in [0, 0.1) is 0 Å². The van der Waals surface area contributed by atoms with Crippen LogP contribution in [0.25, 0.3) is 0 Å². The fraction of sp³-hybridized carbons (Fsp3) is 0.778. The summed E-state index contributed by atoms with van der Waals surface area (Å²) >= 11 is 0. The number of rotatable bonds is 7. The summed E-state index contributed by atoms with van der Waals surface area (Å²) in [6.07, 6.45) is 4.06. The van der Waals surface area contributed by atoms with E-state index in [4.69, 9.17) is 0 Å². The molecule has 0 aliphatic carbocycles. The second kappa shape index (κ2) is 11.5. The van der Waals surface area contributed by atoms with Gasteiger partial charge in [-0.2, -0.15) is 5.10 Å². The molecule has 1 aliphatic rings. The lowest BCUT2D eigenvalue weighted by Gasteiger charge is -2.25. The number of carbonyl (C=O) groups excluding carboxylic acids is 1. The van der Waals surface area contributed by atoms with Crippen LogP contribution in [0.2, 0.25) is 0 Å². The first kappa shape index (κ1) is 23.6. The van der Waals surface area contributed by atoms with Crippen molar-refractivity contribution in [1.82, 2.24) is 30.3 Å². The van der Waals surface area contributed by atoms with Crippen LogP contribution in [0.4, 0.5) is 0 Å². The van der Waals surface area contributed by atoms with Crippen molar-refractivity contribution in [3.63, 3.8) is 0 Å². The molecular weight excluding hydrogens is 457 g/mol. The highest BCUT2D eigenvalue weighted by Gasteiger charge is 2.23. The second-order valence-electron chi connectivity index (χ2n) is 7.34. The van der Waals surface area contributed by atoms with Gasteiger partial charge in [-0.25, -0.2) is 14.7 Å². The number of aliphatic imine (C=N–C) groups is 1. The molecule has 9 heteroatoms. The van der Waals surface area contributed by atoms with Crippen LogP contribution in [0.5, 0.6) is 0 Å². The minimum absolute atomic E-state index is 0. The summed E-state index contributed by atoms with van der Waals surface area (Å²) in [5, 5.41) is 11.4. The van der Waals surface area contributed by atoms with Gasteiger partial charge in [-0.15, -0.1) is 24.0 Å². The van der Waals surface area contributed by atoms with Crippen molar-refractivity contribution in [3.05, 3.63) is 11.6 Å². The molecule has 0 spiro atoms. The highest BCUT2D eigenvalue weighted by atomic mass is 127. The van der Waals surface area contributed by atoms with Crippen molar-refractivity contribution in [2.75, 3.05) is 27.2 Å². The van der Waals surface area contributed by atoms with Crippen molar-refractivity contribution in [3.8, 4) is 0 Å². The average molecular weight is 491 g/mol. The van der Waals surface area contributed by atoms with E-state index in [1.165, 1.54) is 0 Å². The van der Waals surface area contributed by atoms with Crippen LogP contribution >= 0.6 is 24.0 Å². The third-order valence-electron chi connectivity index (χ3n) is 4.43. The minimum atomic E-state index is -0.00891. The quantitative estimate of drug-likeness (QED) is 0.263. The van der Waals surface area contributed by atoms with Gasteiger partial charge in [0.25, 0.3) is 0 Å². The maximum atomic E-state index is 11.8. The van der Waals surface area contributed by atoms with Crippen LogP contribution < -0.4 is 10.6 Å². The predicted molar refractivity (Wildman–Crippen MR) is 119 cm³/mol. The van der Waals surface area contributed by atoms with E-state index >= 15 is 0 Å². The first-order chi connectivity index (χ1) is 12.4. The van der Waals surface area contributed by atoms with Gasteiger partial charge in [-0.1, -0.05) is 27.2 Å². The van der Waals surface area contributed by atoms with E-state index in [0.29, 0.717) is 11.9 Å². The Morgan fingerprint density at radius 2 is 2.15 bits per heavy atom. The van der Waals surface area contributed by atoms with Crippen LogP contribution in [0.15, 0.2) is 4.99 Å². The Morgan fingerprint density at radius 3 is 2.78 bits per heavy atom. The minimum Gasteiger partial charge on any atom is -0.356 e. The summed E-state index contributed by atoms with van der Waals surface area (Å²) in [5.41, 5.74) is 0. The average Bonchev–Trinajstić information content (AvgIpc) is 3.03. The van der Waals surface area contributed by atoms with Gasteiger partial charge in [0.2, 0.25) is 5.91 Å². The van der Waals surface area contributed by atoms with Crippen LogP contribution in [0.3, 0.4) is 0 Å². The lowest BCUT2D eigenvalue weighted by Crippen LogP contribution is -2.47. The van der Waals surface area contributed by atoms with Crippen molar-refractivity contribution in [2.45, 2.75) is 65.0 Å². The zero-order chi connectivity index (χ0) is 19.1. The molecule has 2 rings (SSSR count). The van der Waals surface area contributed by atoms with Gasteiger partial charge >= 0.3 is 0 Å². The Morgan fingerprint density at radius 1 is 1.41 bits per heavy atom. The van der Waals surface area contributed by atoms with Gasteiger partial charge in [0.1, 0.15) is 12.4 Å². The van der Waals surface area contributed by atoms with Crippen molar-refractivity contribution < 1.29 is 4.79 Å². The SMILES string of the molecule is CCCCNC(=NCC(=O)N(C)C)NC1CCc2nc(C(C)C)nn2C1.I. The summed E-state index contributed by atoms with van der Waals surface area (Å²) in [6.45, 7) is 8.14. The predicted octanol–water partition coefficient (Wildman–Crippen LogP) is 1.76. The number of aryl methyl sites for hydroxylation is 1. The van der Waals surface area contributed by atoms with Gasteiger partial charge in [0.05, 0.1) is 6.54 Å². The normalized spacial score (nSPS) is 16.5. The molecule has 1 aromatic heterocycles. The summed E-state index contributed by atoms with van der Waals surface area (Å²) in [5.74, 6) is 3.00. The molecule has 1 amide bonds. The number of fused-ring (bicyclic) bond motifs is 1. The van der Waals surface area contributed by atoms with Crippen molar-refractivity contribution >= 4 is 35.8 Å². The molecule has 1 unspecified atom stereocenters. The van der Waals surface area contributed by atoms with Gasteiger partial charge in [-0.05, 0) is 12.8 Å². The maximum absolute atomic E-state index is 11.8. The van der Waals surface area contributed by atoms with E-state index in [0.717, 1.165) is 50.4 Å². The van der Waals surface area contributed by atoms with Gasteiger partial charge < -0.3 is 15.5 Å². The molecule has 0 saturated carbocycles. The Kier molecular flexibility index (Phi) is 10.0. The number of nitrogens with one attached hydrogen (secondary N) is 2. The highest BCUT2D eigenvalue weighted by molar-refractivity contribution is 14.0. The lowest BCUT2D eigenvalue weighted by molar-refractivity contribution is -0.127. The second-order valence-corrected chi connectivity index (χ2v) is 7.34. The Hall–Kier alpha value is -1.39. The molecular formula is C18H34IN7O. The first-order valence-electron chi connectivity index (χ1n) is 9.59. The monoisotopic (exact) mass is 491 g/mol. The number of likely N-dealkylation sites (N-methyl/N-ethyl adjacent to an activating group) is 1. The van der Waals surface area contributed by atoms with Crippen LogP contribution in [-0.2, 0) is 17.8 Å². The molecule has 2 heterocycles. The number of aromatic nitrogens is 3. The van der Waals surface area contributed by atoms with Crippen LogP contribution in [0.1, 0.15) is 57.6 Å². The van der Waals surface area contributed by atoms with Gasteiger partial charge in [0.15, 0.2) is 11.8 Å². The molecule has 0 saturated heterocycles. The first-order valence-corrected chi connectivity index (χ1v) is 9.59. The van der Waals surface area contributed by atoms with Gasteiger partial charge in [-0.3, -0.25) is 4.79 Å². The Labute approximate surface area is 179 Å². The Balaban J connectivity index is 0.00000364. The molecule has 154 valence electrons. The molecule has 1 aliphatic heterocycles. The maximum Gasteiger partial charge on any atom is 0.243 e. The number of carbonyl (C=O) groups is 1. The fourth-order valence-corrected chi connectivity index (χ4v) is 2.71. The molecule has 0 aromatic carbocycles. The summed E-state index contributed by atoms with van der Waals surface area (Å²) in [7, 11) is 3.49. The standard InChI is InChI=1S/C18H33N7O.HI/c1-6-7-10-19-18(20-11-16(26)24(4)5)21-14-8-9-15-22-17(13(2)3)23-25(15)12-14;/h13-14H,6-12H2,1-5H3,(H2,19,20,21);1H. The summed E-state index contributed by atoms with van der Waals surface area (Å²) in [4.78, 5) is 22.5. The number of guanidine groups is 1. The largest absolute Gasteiger partial charge is 0.356 e. The van der Waals surface area contributed by atoms with E-state index in [1.54, 1.807) is 19.0 Å². The van der Waals surface area contributed by atoms with Crippen molar-refractivity contribution in [1.29, 1.82) is 0 Å². The van der Waals surface area contributed by atoms with E-state index in [-0.39, 0.29) is 42.5 Å². The van der Waals surface area contributed by atoms with E-state index in [1.807, 2.05) is 4.68 Å². The molecule has 0 fully saturated rings. The van der Waals surface area contributed by atoms with E-state index in [9.17, 15) is 4.79 Å². The smallest absolute Gasteiger partial charge is 0.243 e. The number of hydrogen-bond donors (Lipinski definition) is 2. The molecule has 0 bridgehead atoms. The molecule has 1 atom stereocenters. The zero-order valence-electron chi connectivity index (χ0n) is 17.2. The number of unbranched alkanes of at least 4 members (excludes halogenated alkanes) is 1. The molecule has 1 aromatic rings. The molecule has 2 N–H and O–H groups in total. The molecule has 0 radical (unpaired) electrons. The third kappa shape index (κ3) is 7.27. The van der Waals surface area contributed by atoms with E-state index in [2.05, 4.69) is 46.5 Å². The Bertz CT molecular complexity index is 627. The zero-order valence-corrected chi connectivity index (χ0v) is 19.5. The number of amides is 1. The summed E-state index contributed by atoms with van der Waals surface area (Å²) < 4.78 is 2.01. The van der Waals surface area contributed by atoms with E-state index < -0.39 is 0 Å². The number of nitrogens with zero attached hydrogens (tertiary/aromatic N) is 5. The topological polar surface area (TPSA) is 87.4 Å². The number of hydrogen-bond acceptors (Lipinski definition) is 4. The number of halogens is 1. The third-order valence-corrected chi connectivity index (χ3v) is 4.43. The molecule has 27 heavy (non-hydrogen) atoms. The van der Waals surface area contributed by atoms with Crippen molar-refractivity contribution in [2.24, 2.45) is 4.99 Å². The lowest BCUT2D eigenvalue weighted by atomic mass is 10.1.